The number of sulfone groups is 1. The van der Waals surface area contributed by atoms with Gasteiger partial charge in [-0.05, 0) is 19.1 Å². The molecular formula is C23H25N5O9S. The van der Waals surface area contributed by atoms with Crippen LogP contribution in [0.15, 0.2) is 40.6 Å². The third-order valence-electron chi connectivity index (χ3n) is 5.64. The van der Waals surface area contributed by atoms with E-state index in [9.17, 15) is 22.8 Å². The quantitative estimate of drug-likeness (QED) is 0.324. The highest BCUT2D eigenvalue weighted by Crippen LogP contribution is 2.39. The van der Waals surface area contributed by atoms with Crippen LogP contribution in [0.2, 0.25) is 0 Å². The van der Waals surface area contributed by atoms with Crippen LogP contribution >= 0.6 is 0 Å². The molecular weight excluding hydrogens is 522 g/mol. The van der Waals surface area contributed by atoms with E-state index in [1.54, 1.807) is 19.1 Å². The van der Waals surface area contributed by atoms with Crippen LogP contribution in [0.3, 0.4) is 0 Å². The van der Waals surface area contributed by atoms with Crippen molar-refractivity contribution in [3.05, 3.63) is 36.2 Å². The number of nitrogen functional groups attached to an aromatic ring is 1. The van der Waals surface area contributed by atoms with Gasteiger partial charge in [0, 0.05) is 20.8 Å². The molecule has 0 amide bonds. The molecule has 4 rings (SSSR count). The molecule has 38 heavy (non-hydrogen) atoms. The van der Waals surface area contributed by atoms with Gasteiger partial charge in [-0.3, -0.25) is 19.0 Å². The molecule has 0 spiro atoms. The van der Waals surface area contributed by atoms with E-state index >= 15 is 0 Å². The number of benzene rings is 1. The maximum Gasteiger partial charge on any atom is 0.303 e. The van der Waals surface area contributed by atoms with Crippen molar-refractivity contribution < 1.29 is 41.7 Å². The first-order chi connectivity index (χ1) is 17.9. The van der Waals surface area contributed by atoms with Crippen molar-refractivity contribution in [2.45, 2.75) is 62.3 Å². The van der Waals surface area contributed by atoms with Gasteiger partial charge in [0.15, 0.2) is 35.4 Å². The van der Waals surface area contributed by atoms with Gasteiger partial charge in [-0.25, -0.2) is 23.4 Å². The molecule has 1 saturated heterocycles. The molecule has 1 aliphatic rings. The Morgan fingerprint density at radius 2 is 1.63 bits per heavy atom. The van der Waals surface area contributed by atoms with Gasteiger partial charge in [-0.15, -0.1) is 0 Å². The van der Waals surface area contributed by atoms with Crippen molar-refractivity contribution in [3.8, 4) is 0 Å². The van der Waals surface area contributed by atoms with Crippen LogP contribution in [-0.4, -0.2) is 70.8 Å². The van der Waals surface area contributed by atoms with Gasteiger partial charge in [-0.2, -0.15) is 0 Å². The molecule has 0 unspecified atom stereocenters. The van der Waals surface area contributed by atoms with Gasteiger partial charge >= 0.3 is 17.9 Å². The van der Waals surface area contributed by atoms with Crippen LogP contribution in [0.25, 0.3) is 11.2 Å². The second kappa shape index (κ2) is 10.3. The summed E-state index contributed by atoms with van der Waals surface area (Å²) in [6, 6.07) is 6.06. The molecule has 0 bridgehead atoms. The number of fused-ring (bicyclic) bond motifs is 1. The average Bonchev–Trinajstić information content (AvgIpc) is 3.37. The summed E-state index contributed by atoms with van der Waals surface area (Å²) in [5.41, 5.74) is 6.73. The minimum atomic E-state index is -4.32. The lowest BCUT2D eigenvalue weighted by Gasteiger charge is -2.24. The van der Waals surface area contributed by atoms with Gasteiger partial charge < -0.3 is 24.7 Å². The third-order valence-corrected chi connectivity index (χ3v) is 7.30. The van der Waals surface area contributed by atoms with E-state index in [1.807, 2.05) is 0 Å². The zero-order valence-corrected chi connectivity index (χ0v) is 21.7. The number of carbonyl (C=O) groups is 3. The Kier molecular flexibility index (Phi) is 7.33. The lowest BCUT2D eigenvalue weighted by molar-refractivity contribution is -0.166. The third kappa shape index (κ3) is 5.15. The number of aryl methyl sites for hydroxylation is 1. The zero-order chi connectivity index (χ0) is 27.8. The van der Waals surface area contributed by atoms with Crippen molar-refractivity contribution in [1.29, 1.82) is 0 Å². The number of nitrogens with zero attached hydrogens (tertiary/aromatic N) is 4. The second-order valence-corrected chi connectivity index (χ2v) is 10.4. The summed E-state index contributed by atoms with van der Waals surface area (Å²) < 4.78 is 50.6. The van der Waals surface area contributed by atoms with Crippen LogP contribution in [0, 0.1) is 6.92 Å². The Labute approximate surface area is 217 Å². The largest absolute Gasteiger partial charge is 0.463 e. The Hall–Kier alpha value is -4.11. The summed E-state index contributed by atoms with van der Waals surface area (Å²) in [4.78, 5) is 47.7. The number of hydrogen-bond donors (Lipinski definition) is 1. The van der Waals surface area contributed by atoms with Crippen LogP contribution in [0.4, 0.5) is 5.82 Å². The zero-order valence-electron chi connectivity index (χ0n) is 20.9. The molecule has 15 heteroatoms. The molecule has 2 aromatic heterocycles. The lowest BCUT2D eigenvalue weighted by atomic mass is 10.1. The minimum Gasteiger partial charge on any atom is -0.463 e. The van der Waals surface area contributed by atoms with Gasteiger partial charge in [0.25, 0.3) is 0 Å². The van der Waals surface area contributed by atoms with Crippen molar-refractivity contribution in [3.63, 3.8) is 0 Å². The van der Waals surface area contributed by atoms with E-state index < -0.39 is 57.4 Å². The molecule has 1 aliphatic heterocycles. The fourth-order valence-electron chi connectivity index (χ4n) is 4.05. The maximum atomic E-state index is 13.8. The van der Waals surface area contributed by atoms with Gasteiger partial charge in [0.05, 0.1) is 4.90 Å². The number of nitrogens with two attached hydrogens (primary N) is 1. The molecule has 3 heterocycles. The number of rotatable bonds is 7. The topological polar surface area (TPSA) is 192 Å². The number of imidazole rings is 1. The summed E-state index contributed by atoms with van der Waals surface area (Å²) in [7, 11) is -4.32. The van der Waals surface area contributed by atoms with Crippen LogP contribution in [-0.2, 0) is 43.2 Å². The maximum absolute atomic E-state index is 13.8. The van der Waals surface area contributed by atoms with Crippen molar-refractivity contribution >= 4 is 44.7 Å². The molecule has 3 aromatic rings. The summed E-state index contributed by atoms with van der Waals surface area (Å²) in [6.07, 6.45) is -4.11. The van der Waals surface area contributed by atoms with Crippen molar-refractivity contribution in [2.24, 2.45) is 0 Å². The fraction of sp³-hybridized carbons (Fsp3) is 0.391. The highest BCUT2D eigenvalue weighted by molar-refractivity contribution is 7.91. The first-order valence-electron chi connectivity index (χ1n) is 11.3. The number of aromatic nitrogens is 4. The standard InChI is InChI=1S/C23H25N5O9S/c1-11-5-7-15(8-6-11)38(32,33)23-27-17-20(24)25-10-26-21(17)28(23)22-19(36-14(4)31)18(35-13(3)30)16(37-22)9-34-12(2)29/h5-8,10,16,18-19,22H,9H2,1-4H3,(H2,24,25,26)/t16-,18-,19-,22-/m1/s1. The summed E-state index contributed by atoms with van der Waals surface area (Å²) in [5.74, 6) is -2.25. The van der Waals surface area contributed by atoms with Crippen LogP contribution in [0.1, 0.15) is 32.6 Å². The summed E-state index contributed by atoms with van der Waals surface area (Å²) >= 11 is 0. The van der Waals surface area contributed by atoms with E-state index in [1.165, 1.54) is 19.1 Å². The lowest BCUT2D eigenvalue weighted by Crippen LogP contribution is -2.40. The molecule has 1 fully saturated rings. The Morgan fingerprint density at radius 3 is 2.24 bits per heavy atom. The molecule has 14 nitrogen and oxygen atoms in total. The SMILES string of the molecule is CC(=O)OC[C@H]1O[C@@H](n2c(S(=O)(=O)c3ccc(C)cc3)nc3c(N)ncnc32)[C@H](OC(C)=O)[C@@H]1OC(C)=O. The monoisotopic (exact) mass is 547 g/mol. The molecule has 202 valence electrons. The second-order valence-electron chi connectivity index (χ2n) is 8.53. The molecule has 4 atom stereocenters. The molecule has 2 N–H and O–H groups in total. The predicted octanol–water partition coefficient (Wildman–Crippen LogP) is 0.874. The first-order valence-corrected chi connectivity index (χ1v) is 12.8. The van der Waals surface area contributed by atoms with E-state index in [2.05, 4.69) is 15.0 Å². The van der Waals surface area contributed by atoms with Gasteiger partial charge in [0.2, 0.25) is 15.0 Å². The van der Waals surface area contributed by atoms with Crippen LogP contribution in [0.5, 0.6) is 0 Å². The van der Waals surface area contributed by atoms with Crippen molar-refractivity contribution in [1.82, 2.24) is 19.5 Å². The molecule has 1 aromatic carbocycles. The minimum absolute atomic E-state index is 0.0416. The summed E-state index contributed by atoms with van der Waals surface area (Å²) in [5, 5.41) is -0.527. The van der Waals surface area contributed by atoms with E-state index in [4.69, 9.17) is 24.7 Å². The number of esters is 3. The van der Waals surface area contributed by atoms with Crippen molar-refractivity contribution in [2.75, 3.05) is 12.3 Å². The number of hydrogen-bond acceptors (Lipinski definition) is 13. The van der Waals surface area contributed by atoms with E-state index in [-0.39, 0.29) is 28.5 Å². The Balaban J connectivity index is 1.94. The number of ether oxygens (including phenoxy) is 4. The summed E-state index contributed by atoms with van der Waals surface area (Å²) in [6.45, 7) is 4.85. The van der Waals surface area contributed by atoms with E-state index in [0.717, 1.165) is 30.3 Å². The van der Waals surface area contributed by atoms with Crippen LogP contribution < -0.4 is 5.73 Å². The van der Waals surface area contributed by atoms with Gasteiger partial charge in [-0.1, -0.05) is 17.7 Å². The van der Waals surface area contributed by atoms with E-state index in [0.29, 0.717) is 0 Å². The Morgan fingerprint density at radius 1 is 1.00 bits per heavy atom. The normalized spacial score (nSPS) is 21.3. The number of carbonyl (C=O) groups excluding carboxylic acids is 3. The highest BCUT2D eigenvalue weighted by Gasteiger charge is 2.52. The predicted molar refractivity (Wildman–Crippen MR) is 128 cm³/mol. The first kappa shape index (κ1) is 26.9. The number of anilines is 1. The Bertz CT molecular complexity index is 1500. The molecule has 0 aliphatic carbocycles. The molecule has 0 saturated carbocycles. The average molecular weight is 548 g/mol. The van der Waals surface area contributed by atoms with Gasteiger partial charge in [0.1, 0.15) is 19.0 Å². The highest BCUT2D eigenvalue weighted by atomic mass is 32.2. The molecule has 0 radical (unpaired) electrons. The smallest absolute Gasteiger partial charge is 0.303 e. The fourth-order valence-corrected chi connectivity index (χ4v) is 5.41.